The maximum Gasteiger partial charge on any atom is 0.263 e. The summed E-state index contributed by atoms with van der Waals surface area (Å²) in [5.74, 6) is -1.19. The summed E-state index contributed by atoms with van der Waals surface area (Å²) in [4.78, 5) is 46.8. The van der Waals surface area contributed by atoms with Crippen molar-refractivity contribution in [2.24, 2.45) is 5.92 Å². The number of halogens is 1. The maximum absolute atomic E-state index is 13.6. The van der Waals surface area contributed by atoms with Crippen LogP contribution in [0.4, 0.5) is 10.1 Å². The fourth-order valence-electron chi connectivity index (χ4n) is 4.84. The molecule has 2 aliphatic heterocycles. The molecule has 0 aliphatic carbocycles. The van der Waals surface area contributed by atoms with E-state index >= 15 is 0 Å². The Kier molecular flexibility index (Phi) is 4.80. The summed E-state index contributed by atoms with van der Waals surface area (Å²) >= 11 is 0. The number of carbonyl (C=O) groups is 2. The summed E-state index contributed by atoms with van der Waals surface area (Å²) in [6.07, 6.45) is 1.71. The number of hydrogen-bond acceptors (Lipinski definition) is 4. The van der Waals surface area contributed by atoms with Gasteiger partial charge in [-0.2, -0.15) is 0 Å². The van der Waals surface area contributed by atoms with Crippen LogP contribution in [0.3, 0.4) is 0 Å². The minimum Gasteiger partial charge on any atom is -0.337 e. The molecule has 4 heterocycles. The van der Waals surface area contributed by atoms with Crippen molar-refractivity contribution >= 4 is 23.1 Å². The summed E-state index contributed by atoms with van der Waals surface area (Å²) in [5.41, 5.74) is 3.94. The number of amides is 2. The van der Waals surface area contributed by atoms with Gasteiger partial charge < -0.3 is 9.80 Å². The van der Waals surface area contributed by atoms with Crippen LogP contribution in [0.2, 0.25) is 0 Å². The molecule has 2 amide bonds. The first-order valence-electron chi connectivity index (χ1n) is 10.7. The molecule has 8 heteroatoms. The molecule has 2 aliphatic rings. The van der Waals surface area contributed by atoms with Crippen molar-refractivity contribution in [3.63, 3.8) is 0 Å². The molecule has 3 aromatic rings. The van der Waals surface area contributed by atoms with E-state index < -0.39 is 11.7 Å². The average molecular weight is 434 g/mol. The zero-order chi connectivity index (χ0) is 22.6. The summed E-state index contributed by atoms with van der Waals surface area (Å²) in [6, 6.07) is 8.61. The number of fused-ring (bicyclic) bond motifs is 2. The zero-order valence-corrected chi connectivity index (χ0v) is 18.0. The van der Waals surface area contributed by atoms with Crippen LogP contribution in [0.15, 0.2) is 41.3 Å². The average Bonchev–Trinajstić information content (AvgIpc) is 3.15. The van der Waals surface area contributed by atoms with E-state index in [1.54, 1.807) is 9.80 Å². The van der Waals surface area contributed by atoms with E-state index in [1.807, 2.05) is 32.0 Å². The van der Waals surface area contributed by atoms with E-state index in [-0.39, 0.29) is 30.3 Å². The summed E-state index contributed by atoms with van der Waals surface area (Å²) in [5, 5.41) is 0. The fraction of sp³-hybridized carbons (Fsp3) is 0.333. The van der Waals surface area contributed by atoms with Gasteiger partial charge in [0.25, 0.3) is 5.56 Å². The Labute approximate surface area is 184 Å². The van der Waals surface area contributed by atoms with Gasteiger partial charge in [0, 0.05) is 37.8 Å². The lowest BCUT2D eigenvalue weighted by Crippen LogP contribution is -2.43. The summed E-state index contributed by atoms with van der Waals surface area (Å²) in [7, 11) is 0. The topological polar surface area (TPSA) is 75.0 Å². The van der Waals surface area contributed by atoms with Crippen molar-refractivity contribution < 1.29 is 14.0 Å². The molecule has 1 fully saturated rings. The van der Waals surface area contributed by atoms with Gasteiger partial charge in [-0.15, -0.1) is 0 Å². The third-order valence-corrected chi connectivity index (χ3v) is 6.43. The SMILES string of the molecule is Cc1cccc(C)c1N1CC(C(=O)N2CCc3nc4ccc(F)cn4c(=O)c3C2)CC1=O. The van der Waals surface area contributed by atoms with Gasteiger partial charge in [-0.1, -0.05) is 18.2 Å². The quantitative estimate of drug-likeness (QED) is 0.621. The first-order valence-corrected chi connectivity index (χ1v) is 10.7. The highest BCUT2D eigenvalue weighted by atomic mass is 19.1. The van der Waals surface area contributed by atoms with Crippen molar-refractivity contribution in [2.75, 3.05) is 18.0 Å². The highest BCUT2D eigenvalue weighted by Gasteiger charge is 2.39. The molecule has 1 aromatic carbocycles. The molecular weight excluding hydrogens is 411 g/mol. The van der Waals surface area contributed by atoms with E-state index in [0.717, 1.165) is 23.0 Å². The lowest BCUT2D eigenvalue weighted by Gasteiger charge is -2.30. The molecule has 0 bridgehead atoms. The van der Waals surface area contributed by atoms with Crippen LogP contribution >= 0.6 is 0 Å². The number of para-hydroxylation sites is 1. The minimum absolute atomic E-state index is 0.0682. The van der Waals surface area contributed by atoms with Gasteiger partial charge in [0.1, 0.15) is 11.5 Å². The second kappa shape index (κ2) is 7.55. The third kappa shape index (κ3) is 3.26. The number of aryl methyl sites for hydroxylation is 2. The Bertz CT molecular complexity index is 1310. The number of aromatic nitrogens is 2. The number of benzene rings is 1. The lowest BCUT2D eigenvalue weighted by atomic mass is 10.0. The largest absolute Gasteiger partial charge is 0.337 e. The minimum atomic E-state index is -0.527. The number of hydrogen-bond donors (Lipinski definition) is 0. The highest BCUT2D eigenvalue weighted by Crippen LogP contribution is 2.32. The third-order valence-electron chi connectivity index (χ3n) is 6.43. The molecule has 1 unspecified atom stereocenters. The molecule has 5 rings (SSSR count). The molecule has 1 atom stereocenters. The highest BCUT2D eigenvalue weighted by molar-refractivity contribution is 6.01. The Morgan fingerprint density at radius 1 is 1.12 bits per heavy atom. The van der Waals surface area contributed by atoms with Gasteiger partial charge in [-0.3, -0.25) is 18.8 Å². The van der Waals surface area contributed by atoms with Crippen LogP contribution < -0.4 is 10.5 Å². The van der Waals surface area contributed by atoms with Crippen LogP contribution in [0, 0.1) is 25.6 Å². The first-order chi connectivity index (χ1) is 15.3. The molecule has 2 aromatic heterocycles. The Hall–Kier alpha value is -3.55. The van der Waals surface area contributed by atoms with Gasteiger partial charge in [0.15, 0.2) is 0 Å². The van der Waals surface area contributed by atoms with E-state index in [2.05, 4.69) is 4.98 Å². The standard InChI is InChI=1S/C24H23FN4O3/c1-14-4-3-5-15(2)22(14)29-11-16(10-21(29)30)23(31)27-9-8-19-18(13-27)24(32)28-12-17(25)6-7-20(28)26-19/h3-7,12,16H,8-11,13H2,1-2H3. The molecule has 0 N–H and O–H groups in total. The molecule has 1 saturated heterocycles. The van der Waals surface area contributed by atoms with E-state index in [4.69, 9.17) is 0 Å². The van der Waals surface area contributed by atoms with E-state index in [9.17, 15) is 18.8 Å². The second-order valence-corrected chi connectivity index (χ2v) is 8.57. The molecule has 7 nitrogen and oxygen atoms in total. The number of nitrogens with zero attached hydrogens (tertiary/aromatic N) is 4. The van der Waals surface area contributed by atoms with Crippen LogP contribution in [-0.2, 0) is 22.6 Å². The van der Waals surface area contributed by atoms with Crippen LogP contribution in [0.5, 0.6) is 0 Å². The van der Waals surface area contributed by atoms with Gasteiger partial charge >= 0.3 is 0 Å². The van der Waals surface area contributed by atoms with Crippen molar-refractivity contribution in [2.45, 2.75) is 33.2 Å². The first kappa shape index (κ1) is 20.4. The number of rotatable bonds is 2. The number of carbonyl (C=O) groups excluding carboxylic acids is 2. The molecule has 0 spiro atoms. The van der Waals surface area contributed by atoms with E-state index in [1.165, 1.54) is 16.5 Å². The Balaban J connectivity index is 1.40. The monoisotopic (exact) mass is 434 g/mol. The number of pyridine rings is 1. The van der Waals surface area contributed by atoms with Gasteiger partial charge in [0.05, 0.1) is 23.7 Å². The lowest BCUT2D eigenvalue weighted by molar-refractivity contribution is -0.136. The van der Waals surface area contributed by atoms with Crippen molar-refractivity contribution in [3.05, 3.63) is 75.1 Å². The summed E-state index contributed by atoms with van der Waals surface area (Å²) < 4.78 is 14.8. The summed E-state index contributed by atoms with van der Waals surface area (Å²) in [6.45, 7) is 4.80. The fourth-order valence-corrected chi connectivity index (χ4v) is 4.84. The van der Waals surface area contributed by atoms with Crippen molar-refractivity contribution in [1.82, 2.24) is 14.3 Å². The molecule has 0 saturated carbocycles. The van der Waals surface area contributed by atoms with Crippen LogP contribution in [0.25, 0.3) is 5.65 Å². The van der Waals surface area contributed by atoms with Crippen molar-refractivity contribution in [3.8, 4) is 0 Å². The molecule has 0 radical (unpaired) electrons. The Morgan fingerprint density at radius 3 is 2.62 bits per heavy atom. The van der Waals surface area contributed by atoms with Crippen LogP contribution in [0.1, 0.15) is 28.8 Å². The van der Waals surface area contributed by atoms with Gasteiger partial charge in [0.2, 0.25) is 11.8 Å². The van der Waals surface area contributed by atoms with Gasteiger partial charge in [-0.05, 0) is 37.1 Å². The second-order valence-electron chi connectivity index (χ2n) is 8.57. The number of anilines is 1. The predicted octanol–water partition coefficient (Wildman–Crippen LogP) is 2.39. The van der Waals surface area contributed by atoms with E-state index in [0.29, 0.717) is 36.4 Å². The van der Waals surface area contributed by atoms with Gasteiger partial charge in [-0.25, -0.2) is 9.37 Å². The molecular formula is C24H23FN4O3. The Morgan fingerprint density at radius 2 is 1.88 bits per heavy atom. The normalized spacial score (nSPS) is 18.3. The van der Waals surface area contributed by atoms with Crippen LogP contribution in [-0.4, -0.2) is 39.2 Å². The molecule has 164 valence electrons. The van der Waals surface area contributed by atoms with Crippen molar-refractivity contribution in [1.29, 1.82) is 0 Å². The smallest absolute Gasteiger partial charge is 0.263 e. The molecule has 32 heavy (non-hydrogen) atoms. The maximum atomic E-state index is 13.6. The predicted molar refractivity (Wildman–Crippen MR) is 117 cm³/mol. The zero-order valence-electron chi connectivity index (χ0n) is 18.0.